The molecule has 1 aromatic heterocycles. The van der Waals surface area contributed by atoms with Crippen LogP contribution >= 0.6 is 11.6 Å². The Bertz CT molecular complexity index is 801. The SMILES string of the molecule is COc1cc(/C=C(\C#N)C(=O)c2ccco2)cc(Cl)c1OC(C)C. The molecule has 0 aliphatic carbocycles. The van der Waals surface area contributed by atoms with Crippen molar-refractivity contribution in [2.75, 3.05) is 7.11 Å². The van der Waals surface area contributed by atoms with Gasteiger partial charge in [0.2, 0.25) is 5.78 Å². The average molecular weight is 346 g/mol. The van der Waals surface area contributed by atoms with Gasteiger partial charge in [0.1, 0.15) is 11.6 Å². The number of furan rings is 1. The molecular weight excluding hydrogens is 330 g/mol. The largest absolute Gasteiger partial charge is 0.493 e. The normalized spacial score (nSPS) is 11.2. The molecule has 0 fully saturated rings. The summed E-state index contributed by atoms with van der Waals surface area (Å²) < 4.78 is 16.0. The lowest BCUT2D eigenvalue weighted by atomic mass is 10.1. The number of nitrogens with zero attached hydrogens (tertiary/aromatic N) is 1. The molecule has 0 bridgehead atoms. The topological polar surface area (TPSA) is 72.5 Å². The van der Waals surface area contributed by atoms with Gasteiger partial charge in [-0.05, 0) is 49.8 Å². The van der Waals surface area contributed by atoms with E-state index in [2.05, 4.69) is 0 Å². The highest BCUT2D eigenvalue weighted by Crippen LogP contribution is 2.37. The minimum absolute atomic E-state index is 0.0689. The predicted molar refractivity (Wildman–Crippen MR) is 90.4 cm³/mol. The smallest absolute Gasteiger partial charge is 0.238 e. The van der Waals surface area contributed by atoms with Gasteiger partial charge in [-0.3, -0.25) is 4.79 Å². The number of halogens is 1. The van der Waals surface area contributed by atoms with Gasteiger partial charge in [0, 0.05) is 0 Å². The second-order valence-corrected chi connectivity index (χ2v) is 5.58. The number of carbonyl (C=O) groups is 1. The van der Waals surface area contributed by atoms with Crippen molar-refractivity contribution in [2.24, 2.45) is 0 Å². The van der Waals surface area contributed by atoms with E-state index in [1.54, 1.807) is 18.2 Å². The van der Waals surface area contributed by atoms with Gasteiger partial charge >= 0.3 is 0 Å². The van der Waals surface area contributed by atoms with E-state index < -0.39 is 5.78 Å². The minimum Gasteiger partial charge on any atom is -0.493 e. The zero-order valence-corrected chi connectivity index (χ0v) is 14.3. The van der Waals surface area contributed by atoms with Gasteiger partial charge in [0.15, 0.2) is 17.3 Å². The highest BCUT2D eigenvalue weighted by atomic mass is 35.5. The molecule has 0 N–H and O–H groups in total. The number of ketones is 1. The third kappa shape index (κ3) is 3.98. The summed E-state index contributed by atoms with van der Waals surface area (Å²) in [5, 5.41) is 9.59. The molecule has 0 aliphatic rings. The molecule has 0 amide bonds. The van der Waals surface area contributed by atoms with Crippen LogP contribution in [0.3, 0.4) is 0 Å². The van der Waals surface area contributed by atoms with Crippen LogP contribution in [-0.2, 0) is 0 Å². The van der Waals surface area contributed by atoms with E-state index in [0.29, 0.717) is 22.1 Å². The second-order valence-electron chi connectivity index (χ2n) is 5.18. The molecule has 0 saturated heterocycles. The Hall–Kier alpha value is -2.71. The zero-order chi connectivity index (χ0) is 17.7. The number of hydrogen-bond acceptors (Lipinski definition) is 5. The molecule has 2 aromatic rings. The highest BCUT2D eigenvalue weighted by Gasteiger charge is 2.17. The van der Waals surface area contributed by atoms with Crippen molar-refractivity contribution in [2.45, 2.75) is 20.0 Å². The number of hydrogen-bond donors (Lipinski definition) is 0. The van der Waals surface area contributed by atoms with E-state index in [-0.39, 0.29) is 17.4 Å². The predicted octanol–water partition coefficient (Wildman–Crippen LogP) is 4.52. The number of allylic oxidation sites excluding steroid dienone is 1. The van der Waals surface area contributed by atoms with Gasteiger partial charge in [-0.15, -0.1) is 0 Å². The van der Waals surface area contributed by atoms with Gasteiger partial charge < -0.3 is 13.9 Å². The molecule has 5 nitrogen and oxygen atoms in total. The number of benzene rings is 1. The standard InChI is InChI=1S/C18H16ClNO4/c1-11(2)24-18-14(19)8-12(9-16(18)22-3)7-13(10-20)17(21)15-5-4-6-23-15/h4-9,11H,1-3H3/b13-7+. The molecule has 0 unspecified atom stereocenters. The fraction of sp³-hybridized carbons (Fsp3) is 0.222. The zero-order valence-electron chi connectivity index (χ0n) is 13.5. The van der Waals surface area contributed by atoms with Crippen LogP contribution in [0.25, 0.3) is 6.08 Å². The first-order chi connectivity index (χ1) is 11.5. The maximum Gasteiger partial charge on any atom is 0.238 e. The quantitative estimate of drug-likeness (QED) is 0.437. The van der Waals surface area contributed by atoms with Gasteiger partial charge in [-0.1, -0.05) is 11.6 Å². The number of rotatable bonds is 6. The number of carbonyl (C=O) groups excluding carboxylic acids is 1. The molecule has 1 aromatic carbocycles. The van der Waals surface area contributed by atoms with Crippen molar-refractivity contribution >= 4 is 23.5 Å². The molecule has 124 valence electrons. The summed E-state index contributed by atoms with van der Waals surface area (Å²) >= 11 is 6.24. The first-order valence-corrected chi connectivity index (χ1v) is 7.58. The van der Waals surface area contributed by atoms with Gasteiger partial charge in [0.05, 0.1) is 24.5 Å². The summed E-state index contributed by atoms with van der Waals surface area (Å²) in [7, 11) is 1.49. The van der Waals surface area contributed by atoms with E-state index in [9.17, 15) is 10.1 Å². The minimum atomic E-state index is -0.500. The first kappa shape index (κ1) is 17.6. The van der Waals surface area contributed by atoms with Crippen molar-refractivity contribution < 1.29 is 18.7 Å². The third-order valence-corrected chi connectivity index (χ3v) is 3.31. The van der Waals surface area contributed by atoms with Crippen molar-refractivity contribution in [3.05, 3.63) is 52.4 Å². The summed E-state index contributed by atoms with van der Waals surface area (Å²) in [5.41, 5.74) is 0.477. The summed E-state index contributed by atoms with van der Waals surface area (Å²) in [6.45, 7) is 3.75. The van der Waals surface area contributed by atoms with Crippen LogP contribution in [-0.4, -0.2) is 19.0 Å². The maximum atomic E-state index is 12.2. The average Bonchev–Trinajstić information content (AvgIpc) is 3.08. The molecule has 2 rings (SSSR count). The van der Waals surface area contributed by atoms with Crippen LogP contribution < -0.4 is 9.47 Å². The van der Waals surface area contributed by atoms with Crippen molar-refractivity contribution in [3.8, 4) is 17.6 Å². The molecule has 0 saturated carbocycles. The van der Waals surface area contributed by atoms with Crippen LogP contribution in [0.4, 0.5) is 0 Å². The monoisotopic (exact) mass is 345 g/mol. The first-order valence-electron chi connectivity index (χ1n) is 7.20. The van der Waals surface area contributed by atoms with Crippen LogP contribution in [0, 0.1) is 11.3 Å². The Morgan fingerprint density at radius 2 is 2.17 bits per heavy atom. The molecule has 6 heteroatoms. The van der Waals surface area contributed by atoms with Gasteiger partial charge in [0.25, 0.3) is 0 Å². The Morgan fingerprint density at radius 1 is 1.42 bits per heavy atom. The number of ether oxygens (including phenoxy) is 2. The van der Waals surface area contributed by atoms with Crippen molar-refractivity contribution in [3.63, 3.8) is 0 Å². The van der Waals surface area contributed by atoms with Crippen LogP contribution in [0.1, 0.15) is 30.0 Å². The summed E-state index contributed by atoms with van der Waals surface area (Å²) in [6.07, 6.45) is 2.73. The summed E-state index contributed by atoms with van der Waals surface area (Å²) in [6, 6.07) is 8.22. The molecule has 1 heterocycles. The summed E-state index contributed by atoms with van der Waals surface area (Å²) in [4.78, 5) is 12.2. The lowest BCUT2D eigenvalue weighted by Gasteiger charge is -2.15. The summed E-state index contributed by atoms with van der Waals surface area (Å²) in [5.74, 6) is 0.438. The highest BCUT2D eigenvalue weighted by molar-refractivity contribution is 6.32. The molecule has 0 spiro atoms. The molecular formula is C18H16ClNO4. The Balaban J connectivity index is 2.43. The van der Waals surface area contributed by atoms with Crippen molar-refractivity contribution in [1.29, 1.82) is 5.26 Å². The van der Waals surface area contributed by atoms with E-state index >= 15 is 0 Å². The van der Waals surface area contributed by atoms with Gasteiger partial charge in [-0.2, -0.15) is 5.26 Å². The van der Waals surface area contributed by atoms with Crippen LogP contribution in [0.2, 0.25) is 5.02 Å². The Morgan fingerprint density at radius 3 is 2.71 bits per heavy atom. The third-order valence-electron chi connectivity index (χ3n) is 3.03. The lowest BCUT2D eigenvalue weighted by Crippen LogP contribution is -2.07. The maximum absolute atomic E-state index is 12.2. The Labute approximate surface area is 145 Å². The molecule has 0 atom stereocenters. The van der Waals surface area contributed by atoms with Crippen LogP contribution in [0.5, 0.6) is 11.5 Å². The number of nitriles is 1. The molecule has 0 aliphatic heterocycles. The fourth-order valence-corrected chi connectivity index (χ4v) is 2.29. The molecule has 24 heavy (non-hydrogen) atoms. The van der Waals surface area contributed by atoms with E-state index in [0.717, 1.165) is 0 Å². The Kier molecular flexibility index (Phi) is 5.67. The molecule has 0 radical (unpaired) electrons. The number of Topliss-reactive ketones (excluding diaryl/α,β-unsaturated/α-hetero) is 1. The van der Waals surface area contributed by atoms with E-state index in [4.69, 9.17) is 25.5 Å². The fourth-order valence-electron chi connectivity index (χ4n) is 2.03. The van der Waals surface area contributed by atoms with Crippen molar-refractivity contribution in [1.82, 2.24) is 0 Å². The van der Waals surface area contributed by atoms with Gasteiger partial charge in [-0.25, -0.2) is 0 Å². The van der Waals surface area contributed by atoms with Crippen LogP contribution in [0.15, 0.2) is 40.5 Å². The second kappa shape index (κ2) is 7.71. The van der Waals surface area contributed by atoms with E-state index in [1.165, 1.54) is 25.5 Å². The number of methoxy groups -OCH3 is 1. The lowest BCUT2D eigenvalue weighted by molar-refractivity contribution is 0.101. The van der Waals surface area contributed by atoms with E-state index in [1.807, 2.05) is 19.9 Å².